The fraction of sp³-hybridized carbons (Fsp3) is 0.238. The number of carbonyl (C=O) groups excluding carboxylic acids is 2. The molecule has 2 aromatic rings. The van der Waals surface area contributed by atoms with Gasteiger partial charge < -0.3 is 9.47 Å². The van der Waals surface area contributed by atoms with Crippen molar-refractivity contribution in [3.8, 4) is 11.5 Å². The molecule has 0 fully saturated rings. The van der Waals surface area contributed by atoms with E-state index in [9.17, 15) is 9.59 Å². The van der Waals surface area contributed by atoms with Gasteiger partial charge in [0.2, 0.25) is 0 Å². The molecular formula is C21H20ClNO4. The zero-order valence-corrected chi connectivity index (χ0v) is 16.4. The van der Waals surface area contributed by atoms with E-state index in [4.69, 9.17) is 21.1 Å². The van der Waals surface area contributed by atoms with E-state index in [2.05, 4.69) is 0 Å². The molecule has 5 nitrogen and oxygen atoms in total. The van der Waals surface area contributed by atoms with E-state index < -0.39 is 11.8 Å². The summed E-state index contributed by atoms with van der Waals surface area (Å²) in [7, 11) is 3.08. The van der Waals surface area contributed by atoms with Gasteiger partial charge in [0, 0.05) is 0 Å². The maximum Gasteiger partial charge on any atom is 0.273 e. The van der Waals surface area contributed by atoms with Crippen LogP contribution in [0.2, 0.25) is 0 Å². The van der Waals surface area contributed by atoms with Crippen molar-refractivity contribution in [1.82, 2.24) is 4.90 Å². The Morgan fingerprint density at radius 1 is 0.926 bits per heavy atom. The van der Waals surface area contributed by atoms with E-state index in [1.807, 2.05) is 32.0 Å². The smallest absolute Gasteiger partial charge is 0.273 e. The van der Waals surface area contributed by atoms with E-state index in [0.29, 0.717) is 17.1 Å². The molecule has 140 valence electrons. The first-order valence-corrected chi connectivity index (χ1v) is 8.79. The first-order valence-electron chi connectivity index (χ1n) is 8.42. The molecule has 2 aromatic carbocycles. The van der Waals surface area contributed by atoms with Crippen molar-refractivity contribution in [2.45, 2.75) is 20.4 Å². The van der Waals surface area contributed by atoms with Gasteiger partial charge in [-0.1, -0.05) is 41.4 Å². The van der Waals surface area contributed by atoms with Crippen LogP contribution in [0.4, 0.5) is 0 Å². The van der Waals surface area contributed by atoms with Crippen LogP contribution in [0.15, 0.2) is 41.4 Å². The van der Waals surface area contributed by atoms with Gasteiger partial charge in [-0.25, -0.2) is 0 Å². The van der Waals surface area contributed by atoms with Gasteiger partial charge in [0.25, 0.3) is 11.8 Å². The first kappa shape index (κ1) is 19.0. The van der Waals surface area contributed by atoms with Crippen molar-refractivity contribution < 1.29 is 19.1 Å². The molecule has 1 aliphatic rings. The van der Waals surface area contributed by atoms with Crippen LogP contribution in [0, 0.1) is 13.8 Å². The van der Waals surface area contributed by atoms with Crippen LogP contribution in [0.5, 0.6) is 11.5 Å². The van der Waals surface area contributed by atoms with Gasteiger partial charge in [0.05, 0.1) is 26.3 Å². The molecule has 1 aliphatic heterocycles. The van der Waals surface area contributed by atoms with E-state index >= 15 is 0 Å². The Morgan fingerprint density at radius 2 is 1.63 bits per heavy atom. The summed E-state index contributed by atoms with van der Waals surface area (Å²) >= 11 is 6.26. The molecule has 2 amide bonds. The lowest BCUT2D eigenvalue weighted by atomic mass is 9.99. The Bertz CT molecular complexity index is 965. The van der Waals surface area contributed by atoms with Crippen molar-refractivity contribution >= 4 is 29.0 Å². The fourth-order valence-corrected chi connectivity index (χ4v) is 3.46. The van der Waals surface area contributed by atoms with Crippen LogP contribution >= 0.6 is 11.6 Å². The number of hydrogen-bond acceptors (Lipinski definition) is 4. The molecule has 0 radical (unpaired) electrons. The summed E-state index contributed by atoms with van der Waals surface area (Å²) in [5, 5.41) is -0.0487. The lowest BCUT2D eigenvalue weighted by Gasteiger charge is -2.16. The van der Waals surface area contributed by atoms with Gasteiger partial charge in [0.1, 0.15) is 5.03 Å². The van der Waals surface area contributed by atoms with Gasteiger partial charge in [0.15, 0.2) is 11.5 Å². The maximum absolute atomic E-state index is 13.0. The van der Waals surface area contributed by atoms with Crippen LogP contribution < -0.4 is 9.47 Å². The Balaban J connectivity index is 1.92. The lowest BCUT2D eigenvalue weighted by Crippen LogP contribution is -2.30. The highest BCUT2D eigenvalue weighted by Gasteiger charge is 2.38. The maximum atomic E-state index is 13.0. The first-order chi connectivity index (χ1) is 12.9. The summed E-state index contributed by atoms with van der Waals surface area (Å²) in [6, 6.07) is 10.9. The largest absolute Gasteiger partial charge is 0.493 e. The van der Waals surface area contributed by atoms with Gasteiger partial charge in [-0.15, -0.1) is 0 Å². The van der Waals surface area contributed by atoms with Crippen LogP contribution in [0.1, 0.15) is 22.3 Å². The van der Waals surface area contributed by atoms with Gasteiger partial charge >= 0.3 is 0 Å². The van der Waals surface area contributed by atoms with Gasteiger partial charge in [-0.3, -0.25) is 14.5 Å². The molecule has 0 saturated carbocycles. The topological polar surface area (TPSA) is 55.8 Å². The molecular weight excluding hydrogens is 366 g/mol. The summed E-state index contributed by atoms with van der Waals surface area (Å²) in [6.07, 6.45) is 0. The molecule has 0 unspecified atom stereocenters. The molecule has 0 spiro atoms. The SMILES string of the molecule is COc1ccc(CN2C(=O)C(Cl)=C(c3ccc(C)cc3C)C2=O)cc1OC. The third-order valence-corrected chi connectivity index (χ3v) is 4.90. The summed E-state index contributed by atoms with van der Waals surface area (Å²) in [6.45, 7) is 3.97. The highest BCUT2D eigenvalue weighted by Crippen LogP contribution is 2.35. The lowest BCUT2D eigenvalue weighted by molar-refractivity contribution is -0.137. The number of amides is 2. The molecule has 3 rings (SSSR count). The average Bonchev–Trinajstić information content (AvgIpc) is 2.85. The minimum Gasteiger partial charge on any atom is -0.493 e. The highest BCUT2D eigenvalue weighted by molar-refractivity contribution is 6.55. The van der Waals surface area contributed by atoms with Crippen molar-refractivity contribution in [1.29, 1.82) is 0 Å². The number of carbonyl (C=O) groups is 2. The average molecular weight is 386 g/mol. The van der Waals surface area contributed by atoms with Crippen LogP contribution in [0.25, 0.3) is 5.57 Å². The normalized spacial score (nSPS) is 14.2. The number of imide groups is 1. The predicted molar refractivity (Wildman–Crippen MR) is 104 cm³/mol. The van der Waals surface area contributed by atoms with Crippen LogP contribution in [-0.2, 0) is 16.1 Å². The van der Waals surface area contributed by atoms with Crippen LogP contribution in [-0.4, -0.2) is 30.9 Å². The van der Waals surface area contributed by atoms with E-state index in [-0.39, 0.29) is 17.2 Å². The fourth-order valence-electron chi connectivity index (χ4n) is 3.18. The number of hydrogen-bond donors (Lipinski definition) is 0. The van der Waals surface area contributed by atoms with Gasteiger partial charge in [-0.2, -0.15) is 0 Å². The monoisotopic (exact) mass is 385 g/mol. The second kappa shape index (κ2) is 7.45. The minimum absolute atomic E-state index is 0.0487. The third-order valence-electron chi connectivity index (χ3n) is 4.55. The molecule has 0 atom stereocenters. The van der Waals surface area contributed by atoms with Crippen molar-refractivity contribution in [3.05, 3.63) is 63.7 Å². The number of benzene rings is 2. The quantitative estimate of drug-likeness (QED) is 0.734. The number of halogens is 1. The summed E-state index contributed by atoms with van der Waals surface area (Å²) in [4.78, 5) is 26.7. The second-order valence-corrected chi connectivity index (χ2v) is 6.77. The van der Waals surface area contributed by atoms with Crippen molar-refractivity contribution in [2.75, 3.05) is 14.2 Å². The number of aryl methyl sites for hydroxylation is 2. The Hall–Kier alpha value is -2.79. The molecule has 0 aliphatic carbocycles. The molecule has 27 heavy (non-hydrogen) atoms. The number of methoxy groups -OCH3 is 2. The summed E-state index contributed by atoms with van der Waals surface area (Å²) in [5.41, 5.74) is 3.64. The Morgan fingerprint density at radius 3 is 2.26 bits per heavy atom. The predicted octanol–water partition coefficient (Wildman–Crippen LogP) is 3.84. The van der Waals surface area contributed by atoms with Crippen LogP contribution in [0.3, 0.4) is 0 Å². The summed E-state index contributed by atoms with van der Waals surface area (Å²) in [5.74, 6) is 0.216. The highest BCUT2D eigenvalue weighted by atomic mass is 35.5. The molecule has 6 heteroatoms. The zero-order valence-electron chi connectivity index (χ0n) is 15.6. The molecule has 0 aromatic heterocycles. The number of rotatable bonds is 5. The number of ether oxygens (including phenoxy) is 2. The standard InChI is InChI=1S/C21H20ClNO4/c1-12-5-7-15(13(2)9-12)18-19(22)21(25)23(20(18)24)11-14-6-8-16(26-3)17(10-14)27-4/h5-10H,11H2,1-4H3. The molecule has 0 bridgehead atoms. The minimum atomic E-state index is -0.494. The van der Waals surface area contributed by atoms with Gasteiger partial charge in [-0.05, 0) is 42.7 Å². The van der Waals surface area contributed by atoms with E-state index in [1.54, 1.807) is 25.3 Å². The van der Waals surface area contributed by atoms with E-state index in [0.717, 1.165) is 21.6 Å². The third kappa shape index (κ3) is 3.43. The summed E-state index contributed by atoms with van der Waals surface area (Å²) < 4.78 is 10.5. The van der Waals surface area contributed by atoms with Crippen molar-refractivity contribution in [3.63, 3.8) is 0 Å². The second-order valence-electron chi connectivity index (χ2n) is 6.39. The number of nitrogens with zero attached hydrogens (tertiary/aromatic N) is 1. The Labute approximate surface area is 163 Å². The molecule has 0 saturated heterocycles. The van der Waals surface area contributed by atoms with Crippen molar-refractivity contribution in [2.24, 2.45) is 0 Å². The molecule has 1 heterocycles. The Kier molecular flexibility index (Phi) is 5.24. The van der Waals surface area contributed by atoms with E-state index in [1.165, 1.54) is 7.11 Å². The zero-order chi connectivity index (χ0) is 19.7. The molecule has 0 N–H and O–H groups in total.